The van der Waals surface area contributed by atoms with Gasteiger partial charge in [-0.3, -0.25) is 4.52 Å². The van der Waals surface area contributed by atoms with Gasteiger partial charge in [0, 0.05) is 0 Å². The fraction of sp³-hybridized carbons (Fsp3) is 0.833. The summed E-state index contributed by atoms with van der Waals surface area (Å²) in [5.74, 6) is 0. The Bertz CT molecular complexity index is 257. The van der Waals surface area contributed by atoms with Crippen LogP contribution in [0.1, 0.15) is 0 Å². The van der Waals surface area contributed by atoms with Crippen molar-refractivity contribution in [1.82, 2.24) is 0 Å². The molecular formula is C6H12NaO8P. The normalized spacial score (nSPS) is 35.6. The number of aliphatic hydroxyl groups excluding tert-OH is 3. The van der Waals surface area contributed by atoms with Crippen molar-refractivity contribution >= 4 is 7.82 Å². The second kappa shape index (κ2) is 6.77. The van der Waals surface area contributed by atoms with Gasteiger partial charge in [-0.25, -0.2) is 4.57 Å². The number of ether oxygens (including phenoxy) is 1. The van der Waals surface area contributed by atoms with E-state index in [9.17, 15) is 14.8 Å². The summed E-state index contributed by atoms with van der Waals surface area (Å²) in [6.45, 7) is 0.277. The van der Waals surface area contributed by atoms with E-state index in [1.54, 1.807) is 0 Å². The fourth-order valence-corrected chi connectivity index (χ4v) is 1.75. The van der Waals surface area contributed by atoms with Gasteiger partial charge < -0.3 is 29.8 Å². The van der Waals surface area contributed by atoms with Gasteiger partial charge in [-0.05, 0) is 6.10 Å². The van der Waals surface area contributed by atoms with Crippen LogP contribution >= 0.6 is 7.82 Å². The molecule has 0 amide bonds. The van der Waals surface area contributed by atoms with Crippen molar-refractivity contribution in [1.29, 1.82) is 0 Å². The van der Waals surface area contributed by atoms with E-state index in [2.05, 4.69) is 9.26 Å². The van der Waals surface area contributed by atoms with Crippen LogP contribution in [0, 0.1) is 6.61 Å². The number of phosphoric acid groups is 1. The molecule has 10 heteroatoms. The van der Waals surface area contributed by atoms with Crippen LogP contribution in [0.2, 0.25) is 0 Å². The smallest absolute Gasteiger partial charge is 0.544 e. The molecule has 5 N–H and O–H groups in total. The SMILES string of the molecule is O=P(O)(O)O[C@H]1[C@H](O)[C@@H](CO)O[CH-][C@@H]1O.[Na+]. The monoisotopic (exact) mass is 266 g/mol. The molecule has 1 aliphatic heterocycles. The fourth-order valence-electron chi connectivity index (χ4n) is 1.19. The zero-order valence-electron chi connectivity index (χ0n) is 8.50. The number of hydrogen-bond acceptors (Lipinski definition) is 6. The minimum atomic E-state index is -4.82. The van der Waals surface area contributed by atoms with E-state index in [1.165, 1.54) is 0 Å². The molecule has 90 valence electrons. The summed E-state index contributed by atoms with van der Waals surface area (Å²) >= 11 is 0. The van der Waals surface area contributed by atoms with Crippen molar-refractivity contribution in [2.24, 2.45) is 0 Å². The predicted molar refractivity (Wildman–Crippen MR) is 45.2 cm³/mol. The van der Waals surface area contributed by atoms with E-state index in [-0.39, 0.29) is 29.6 Å². The number of aliphatic hydroxyl groups is 3. The molecular weight excluding hydrogens is 254 g/mol. The maximum absolute atomic E-state index is 10.5. The quantitative estimate of drug-likeness (QED) is 0.194. The molecule has 8 nitrogen and oxygen atoms in total. The Balaban J connectivity index is 0.00000225. The van der Waals surface area contributed by atoms with Gasteiger partial charge in [0.25, 0.3) is 0 Å². The Labute approximate surface area is 114 Å². The van der Waals surface area contributed by atoms with Gasteiger partial charge >= 0.3 is 37.4 Å². The second-order valence-corrected chi connectivity index (χ2v) is 4.23. The summed E-state index contributed by atoms with van der Waals surface area (Å²) in [4.78, 5) is 17.0. The average molecular weight is 266 g/mol. The van der Waals surface area contributed by atoms with E-state index < -0.39 is 38.8 Å². The molecule has 1 aliphatic rings. The Hall–Kier alpha value is 0.950. The second-order valence-electron chi connectivity index (χ2n) is 3.03. The summed E-state index contributed by atoms with van der Waals surface area (Å²) in [6, 6.07) is 0. The van der Waals surface area contributed by atoms with Gasteiger partial charge in [0.2, 0.25) is 0 Å². The third kappa shape index (κ3) is 4.67. The van der Waals surface area contributed by atoms with Gasteiger partial charge in [0.1, 0.15) is 6.10 Å². The Morgan fingerprint density at radius 2 is 1.94 bits per heavy atom. The van der Waals surface area contributed by atoms with Crippen LogP contribution in [-0.2, 0) is 13.8 Å². The first kappa shape index (κ1) is 16.9. The minimum absolute atomic E-state index is 0. The van der Waals surface area contributed by atoms with Crippen LogP contribution in [0.5, 0.6) is 0 Å². The van der Waals surface area contributed by atoms with Crippen LogP contribution in [0.4, 0.5) is 0 Å². The number of rotatable bonds is 3. The number of phosphoric ester groups is 1. The summed E-state index contributed by atoms with van der Waals surface area (Å²) in [5, 5.41) is 27.4. The molecule has 1 rings (SSSR count). The van der Waals surface area contributed by atoms with Gasteiger partial charge in [0.15, 0.2) is 0 Å². The molecule has 0 saturated carbocycles. The van der Waals surface area contributed by atoms with Gasteiger partial charge in [-0.15, -0.1) is 0 Å². The molecule has 0 unspecified atom stereocenters. The molecule has 1 fully saturated rings. The molecule has 0 aromatic heterocycles. The first-order valence-electron chi connectivity index (χ1n) is 4.05. The van der Waals surface area contributed by atoms with Crippen molar-refractivity contribution < 1.29 is 68.5 Å². The molecule has 0 aliphatic carbocycles. The molecule has 0 bridgehead atoms. The van der Waals surface area contributed by atoms with Gasteiger partial charge in [0.05, 0.1) is 18.8 Å². The minimum Gasteiger partial charge on any atom is -0.544 e. The van der Waals surface area contributed by atoms with Crippen LogP contribution in [0.15, 0.2) is 0 Å². The van der Waals surface area contributed by atoms with E-state index in [0.717, 1.165) is 6.61 Å². The van der Waals surface area contributed by atoms with E-state index in [4.69, 9.17) is 14.9 Å². The van der Waals surface area contributed by atoms with Gasteiger partial charge in [-0.1, -0.05) is 0 Å². The Morgan fingerprint density at radius 1 is 1.38 bits per heavy atom. The van der Waals surface area contributed by atoms with Crippen LogP contribution < -0.4 is 29.6 Å². The summed E-state index contributed by atoms with van der Waals surface area (Å²) < 4.78 is 19.4. The molecule has 16 heavy (non-hydrogen) atoms. The molecule has 0 aromatic carbocycles. The predicted octanol–water partition coefficient (Wildman–Crippen LogP) is -5.26. The molecule has 0 radical (unpaired) electrons. The maximum atomic E-state index is 10.5. The van der Waals surface area contributed by atoms with Crippen LogP contribution in [0.3, 0.4) is 0 Å². The van der Waals surface area contributed by atoms with Crippen molar-refractivity contribution in [3.63, 3.8) is 0 Å². The molecule has 4 atom stereocenters. The Morgan fingerprint density at radius 3 is 2.38 bits per heavy atom. The standard InChI is InChI=1S/C6H12O8P.Na/c7-1-4-5(9)6(3(8)2-13-4)14-15(10,11)12;/h2-9H,1H2,(H2,10,11,12);/q-1;+1/t3-,4+,5+,6+;/m0./s1. The first-order chi connectivity index (χ1) is 6.85. The van der Waals surface area contributed by atoms with Crippen LogP contribution in [0.25, 0.3) is 0 Å². The van der Waals surface area contributed by atoms with E-state index >= 15 is 0 Å². The summed E-state index contributed by atoms with van der Waals surface area (Å²) in [5.41, 5.74) is 0. The van der Waals surface area contributed by atoms with Crippen molar-refractivity contribution in [3.05, 3.63) is 6.61 Å². The largest absolute Gasteiger partial charge is 1.00 e. The molecule has 0 spiro atoms. The summed E-state index contributed by atoms with van der Waals surface area (Å²) in [6.07, 6.45) is -5.61. The van der Waals surface area contributed by atoms with Crippen LogP contribution in [-0.4, -0.2) is 56.1 Å². The third-order valence-corrected chi connectivity index (χ3v) is 2.40. The maximum Gasteiger partial charge on any atom is 1.00 e. The van der Waals surface area contributed by atoms with Crippen molar-refractivity contribution in [3.8, 4) is 0 Å². The summed E-state index contributed by atoms with van der Waals surface area (Å²) in [7, 11) is -4.82. The molecule has 1 saturated heterocycles. The average Bonchev–Trinajstić information content (AvgIpc) is 2.11. The molecule has 1 heterocycles. The zero-order chi connectivity index (χ0) is 11.6. The topological polar surface area (TPSA) is 137 Å². The third-order valence-electron chi connectivity index (χ3n) is 1.89. The van der Waals surface area contributed by atoms with Crippen molar-refractivity contribution in [2.45, 2.75) is 24.4 Å². The van der Waals surface area contributed by atoms with Gasteiger partial charge in [-0.2, -0.15) is 6.61 Å². The van der Waals surface area contributed by atoms with Crippen molar-refractivity contribution in [2.75, 3.05) is 6.61 Å². The Kier molecular flexibility index (Phi) is 7.17. The number of hydrogen-bond donors (Lipinski definition) is 5. The van der Waals surface area contributed by atoms with E-state index in [0.29, 0.717) is 0 Å². The molecule has 0 aromatic rings. The van der Waals surface area contributed by atoms with E-state index in [1.807, 2.05) is 0 Å². The first-order valence-corrected chi connectivity index (χ1v) is 5.58. The zero-order valence-corrected chi connectivity index (χ0v) is 11.4.